The molecular weight excluding hydrogens is 399 g/mol. The van der Waals surface area contributed by atoms with Crippen LogP contribution in [0.25, 0.3) is 22.3 Å². The maximum atomic E-state index is 14.6. The predicted octanol–water partition coefficient (Wildman–Crippen LogP) is 5.60. The molecule has 0 bridgehead atoms. The number of aryl methyl sites for hydroxylation is 2. The summed E-state index contributed by atoms with van der Waals surface area (Å²) in [7, 11) is 0.496. The molecule has 0 spiro atoms. The highest BCUT2D eigenvalue weighted by atomic mass is 32.2. The van der Waals surface area contributed by atoms with E-state index in [1.807, 2.05) is 27.9 Å². The second-order valence-corrected chi connectivity index (χ2v) is 9.63. The monoisotopic (exact) mass is 426 g/mol. The number of hydrogen-bond acceptors (Lipinski definition) is 3. The minimum absolute atomic E-state index is 0.0347. The van der Waals surface area contributed by atoms with Crippen LogP contribution in [0.1, 0.15) is 18.1 Å². The van der Waals surface area contributed by atoms with Gasteiger partial charge in [0.25, 0.3) is 0 Å². The largest absolute Gasteiger partial charge is 0.378 e. The van der Waals surface area contributed by atoms with Crippen LogP contribution in [0.15, 0.2) is 54.6 Å². The highest BCUT2D eigenvalue weighted by Gasteiger charge is 2.14. The Labute approximate surface area is 178 Å². The molecule has 158 valence electrons. The molecule has 0 amide bonds. The Morgan fingerprint density at radius 1 is 0.867 bits per heavy atom. The minimum Gasteiger partial charge on any atom is -0.378 e. The van der Waals surface area contributed by atoms with Crippen LogP contribution in [0, 0.1) is 19.7 Å². The Kier molecular flexibility index (Phi) is 6.17. The fourth-order valence-electron chi connectivity index (χ4n) is 3.38. The number of nitrogens with zero attached hydrogens (tertiary/aromatic N) is 1. The second-order valence-electron chi connectivity index (χ2n) is 7.62. The standard InChI is InChI=1S/C24H27FN2O2S/c1-6-30(28,29)26-24-12-9-19(15-23(24)25)22-14-16(2)21(13-17(22)3)18-7-10-20(11-8-18)27(4)5/h7-15,26H,6H2,1-5H3. The van der Waals surface area contributed by atoms with Crippen molar-refractivity contribution in [2.45, 2.75) is 20.8 Å². The van der Waals surface area contributed by atoms with Gasteiger partial charge in [-0.25, -0.2) is 12.8 Å². The fourth-order valence-corrected chi connectivity index (χ4v) is 4.03. The molecule has 0 saturated carbocycles. The molecule has 0 unspecified atom stereocenters. The molecule has 3 aromatic rings. The molecule has 6 heteroatoms. The van der Waals surface area contributed by atoms with E-state index in [0.717, 1.165) is 33.5 Å². The van der Waals surface area contributed by atoms with E-state index < -0.39 is 15.8 Å². The van der Waals surface area contributed by atoms with Crippen molar-refractivity contribution in [2.75, 3.05) is 29.5 Å². The average Bonchev–Trinajstić information content (AvgIpc) is 2.71. The summed E-state index contributed by atoms with van der Waals surface area (Å²) >= 11 is 0. The maximum Gasteiger partial charge on any atom is 0.232 e. The molecule has 0 aromatic heterocycles. The third kappa shape index (κ3) is 4.65. The van der Waals surface area contributed by atoms with Crippen molar-refractivity contribution in [1.82, 2.24) is 0 Å². The Hall–Kier alpha value is -2.86. The van der Waals surface area contributed by atoms with Gasteiger partial charge in [-0.1, -0.05) is 30.3 Å². The third-order valence-electron chi connectivity index (χ3n) is 5.19. The van der Waals surface area contributed by atoms with Gasteiger partial charge in [-0.2, -0.15) is 0 Å². The Bertz CT molecular complexity index is 1170. The van der Waals surface area contributed by atoms with Crippen LogP contribution in [0.4, 0.5) is 15.8 Å². The van der Waals surface area contributed by atoms with Gasteiger partial charge in [0.05, 0.1) is 11.4 Å². The molecule has 4 nitrogen and oxygen atoms in total. The zero-order chi connectivity index (χ0) is 22.1. The number of anilines is 2. The Morgan fingerprint density at radius 3 is 1.90 bits per heavy atom. The SMILES string of the molecule is CCS(=O)(=O)Nc1ccc(-c2cc(C)c(-c3ccc(N(C)C)cc3)cc2C)cc1F. The quantitative estimate of drug-likeness (QED) is 0.558. The number of benzene rings is 3. The molecule has 0 atom stereocenters. The summed E-state index contributed by atoms with van der Waals surface area (Å²) in [4.78, 5) is 2.06. The number of halogens is 1. The molecule has 0 radical (unpaired) electrons. The summed E-state index contributed by atoms with van der Waals surface area (Å²) in [6.45, 7) is 5.55. The van der Waals surface area contributed by atoms with E-state index in [1.54, 1.807) is 6.07 Å². The Morgan fingerprint density at radius 2 is 1.40 bits per heavy atom. The van der Waals surface area contributed by atoms with Crippen LogP contribution in [0.3, 0.4) is 0 Å². The first-order valence-corrected chi connectivity index (χ1v) is 11.5. The number of rotatable bonds is 6. The van der Waals surface area contributed by atoms with Crippen LogP contribution < -0.4 is 9.62 Å². The van der Waals surface area contributed by atoms with Crippen molar-refractivity contribution in [3.63, 3.8) is 0 Å². The van der Waals surface area contributed by atoms with E-state index in [2.05, 4.69) is 46.0 Å². The van der Waals surface area contributed by atoms with Crippen LogP contribution in [0.5, 0.6) is 0 Å². The summed E-state index contributed by atoms with van der Waals surface area (Å²) in [5.41, 5.74) is 7.11. The highest BCUT2D eigenvalue weighted by Crippen LogP contribution is 2.33. The van der Waals surface area contributed by atoms with Crippen molar-refractivity contribution in [1.29, 1.82) is 0 Å². The van der Waals surface area contributed by atoms with E-state index in [0.29, 0.717) is 5.56 Å². The molecule has 0 saturated heterocycles. The van der Waals surface area contributed by atoms with Gasteiger partial charge in [0, 0.05) is 19.8 Å². The van der Waals surface area contributed by atoms with Gasteiger partial charge in [0.15, 0.2) is 0 Å². The molecule has 3 aromatic carbocycles. The number of hydrogen-bond donors (Lipinski definition) is 1. The van der Waals surface area contributed by atoms with E-state index >= 15 is 0 Å². The van der Waals surface area contributed by atoms with Crippen LogP contribution >= 0.6 is 0 Å². The number of nitrogens with one attached hydrogen (secondary N) is 1. The van der Waals surface area contributed by atoms with Gasteiger partial charge in [-0.15, -0.1) is 0 Å². The highest BCUT2D eigenvalue weighted by molar-refractivity contribution is 7.92. The van der Waals surface area contributed by atoms with Gasteiger partial charge in [0.2, 0.25) is 10.0 Å². The summed E-state index contributed by atoms with van der Waals surface area (Å²) in [5, 5.41) is 0. The predicted molar refractivity (Wildman–Crippen MR) is 124 cm³/mol. The summed E-state index contributed by atoms with van der Waals surface area (Å²) in [5.74, 6) is -0.700. The first-order chi connectivity index (χ1) is 14.1. The van der Waals surface area contributed by atoms with Crippen molar-refractivity contribution >= 4 is 21.4 Å². The van der Waals surface area contributed by atoms with Crippen LogP contribution in [-0.4, -0.2) is 28.3 Å². The van der Waals surface area contributed by atoms with E-state index in [9.17, 15) is 12.8 Å². The fraction of sp³-hybridized carbons (Fsp3) is 0.250. The van der Waals surface area contributed by atoms with Gasteiger partial charge < -0.3 is 4.90 Å². The molecule has 1 N–H and O–H groups in total. The van der Waals surface area contributed by atoms with Gasteiger partial charge in [-0.3, -0.25) is 4.72 Å². The zero-order valence-corrected chi connectivity index (χ0v) is 18.8. The van der Waals surface area contributed by atoms with E-state index in [1.165, 1.54) is 19.1 Å². The molecule has 0 aliphatic rings. The minimum atomic E-state index is -3.53. The lowest BCUT2D eigenvalue weighted by Gasteiger charge is -2.16. The molecule has 0 fully saturated rings. The van der Waals surface area contributed by atoms with Crippen molar-refractivity contribution in [2.24, 2.45) is 0 Å². The van der Waals surface area contributed by atoms with E-state index in [4.69, 9.17) is 0 Å². The molecule has 3 rings (SSSR count). The second kappa shape index (κ2) is 8.48. The molecule has 0 aliphatic carbocycles. The lowest BCUT2D eigenvalue weighted by Crippen LogP contribution is -2.15. The van der Waals surface area contributed by atoms with Crippen LogP contribution in [-0.2, 0) is 10.0 Å². The number of sulfonamides is 1. The average molecular weight is 427 g/mol. The van der Waals surface area contributed by atoms with Crippen molar-refractivity contribution in [3.8, 4) is 22.3 Å². The van der Waals surface area contributed by atoms with Crippen molar-refractivity contribution < 1.29 is 12.8 Å². The topological polar surface area (TPSA) is 49.4 Å². The van der Waals surface area contributed by atoms with Crippen LogP contribution in [0.2, 0.25) is 0 Å². The lowest BCUT2D eigenvalue weighted by molar-refractivity contribution is 0.599. The maximum absolute atomic E-state index is 14.6. The zero-order valence-electron chi connectivity index (χ0n) is 18.0. The third-order valence-corrected chi connectivity index (χ3v) is 6.48. The first kappa shape index (κ1) is 21.8. The molecule has 30 heavy (non-hydrogen) atoms. The van der Waals surface area contributed by atoms with Gasteiger partial charge >= 0.3 is 0 Å². The van der Waals surface area contributed by atoms with Crippen molar-refractivity contribution in [3.05, 3.63) is 71.5 Å². The van der Waals surface area contributed by atoms with E-state index in [-0.39, 0.29) is 11.4 Å². The van der Waals surface area contributed by atoms with Gasteiger partial charge in [0.1, 0.15) is 5.82 Å². The lowest BCUT2D eigenvalue weighted by atomic mass is 9.92. The first-order valence-electron chi connectivity index (χ1n) is 9.80. The smallest absolute Gasteiger partial charge is 0.232 e. The Balaban J connectivity index is 1.96. The molecular formula is C24H27FN2O2S. The molecule has 0 aliphatic heterocycles. The van der Waals surface area contributed by atoms with Gasteiger partial charge in [-0.05, 0) is 78.4 Å². The summed E-state index contributed by atoms with van der Waals surface area (Å²) < 4.78 is 40.3. The normalized spacial score (nSPS) is 11.4. The molecule has 0 heterocycles. The summed E-state index contributed by atoms with van der Waals surface area (Å²) in [6, 6.07) is 17.1. The summed E-state index contributed by atoms with van der Waals surface area (Å²) in [6.07, 6.45) is 0.